The molecule has 1 aliphatic rings. The number of benzene rings is 1. The Morgan fingerprint density at radius 1 is 1.30 bits per heavy atom. The topological polar surface area (TPSA) is 80.5 Å². The van der Waals surface area contributed by atoms with E-state index >= 15 is 0 Å². The second kappa shape index (κ2) is 5.88. The van der Waals surface area contributed by atoms with Crippen LogP contribution in [0.4, 0.5) is 5.69 Å². The molecule has 0 bridgehead atoms. The van der Waals surface area contributed by atoms with Gasteiger partial charge in [-0.25, -0.2) is 8.42 Å². The van der Waals surface area contributed by atoms with Gasteiger partial charge in [-0.3, -0.25) is 10.1 Å². The van der Waals surface area contributed by atoms with Gasteiger partial charge in [-0.15, -0.1) is 0 Å². The van der Waals surface area contributed by atoms with Gasteiger partial charge in [-0.2, -0.15) is 4.31 Å². The molecule has 1 aliphatic heterocycles. The first-order chi connectivity index (χ1) is 9.46. The van der Waals surface area contributed by atoms with E-state index < -0.39 is 14.9 Å². The molecule has 1 fully saturated rings. The molecule has 0 radical (unpaired) electrons. The standard InChI is InChI=1S/C13H18N2O4S/c1-2-11-5-3-4-10-14(11)20(18,19)13-8-6-12(7-9-13)15(16)17/h6-9,11H,2-5,10H2,1H3/t11-/m1/s1. The van der Waals surface area contributed by atoms with E-state index in [2.05, 4.69) is 0 Å². The van der Waals surface area contributed by atoms with Gasteiger partial charge in [-0.05, 0) is 31.4 Å². The maximum Gasteiger partial charge on any atom is 0.269 e. The zero-order chi connectivity index (χ0) is 14.8. The summed E-state index contributed by atoms with van der Waals surface area (Å²) in [6.45, 7) is 2.51. The Bertz CT molecular complexity index is 583. The summed E-state index contributed by atoms with van der Waals surface area (Å²) in [5.74, 6) is 0. The minimum Gasteiger partial charge on any atom is -0.258 e. The number of nitro benzene ring substituents is 1. The predicted octanol–water partition coefficient (Wildman–Crippen LogP) is 2.55. The Morgan fingerprint density at radius 2 is 1.95 bits per heavy atom. The van der Waals surface area contributed by atoms with Crippen LogP contribution in [0.15, 0.2) is 29.2 Å². The predicted molar refractivity (Wildman–Crippen MR) is 74.9 cm³/mol. The zero-order valence-corrected chi connectivity index (χ0v) is 12.2. The first-order valence-electron chi connectivity index (χ1n) is 6.73. The number of piperidine rings is 1. The van der Waals surface area contributed by atoms with E-state index in [-0.39, 0.29) is 16.6 Å². The Kier molecular flexibility index (Phi) is 4.39. The van der Waals surface area contributed by atoms with Crippen LogP contribution < -0.4 is 0 Å². The van der Waals surface area contributed by atoms with Crippen molar-refractivity contribution < 1.29 is 13.3 Å². The Morgan fingerprint density at radius 3 is 2.50 bits per heavy atom. The molecule has 110 valence electrons. The van der Waals surface area contributed by atoms with Crippen molar-refractivity contribution in [2.24, 2.45) is 0 Å². The number of non-ortho nitro benzene ring substituents is 1. The number of nitrogens with zero attached hydrogens (tertiary/aromatic N) is 2. The quantitative estimate of drug-likeness (QED) is 0.632. The second-order valence-corrected chi connectivity index (χ2v) is 6.82. The van der Waals surface area contributed by atoms with E-state index in [0.717, 1.165) is 25.7 Å². The number of sulfonamides is 1. The normalized spacial score (nSPS) is 20.8. The molecular formula is C13H18N2O4S. The first-order valence-corrected chi connectivity index (χ1v) is 8.17. The van der Waals surface area contributed by atoms with E-state index in [1.54, 1.807) is 0 Å². The molecule has 1 saturated heterocycles. The van der Waals surface area contributed by atoms with Crippen molar-refractivity contribution in [3.05, 3.63) is 34.4 Å². The summed E-state index contributed by atoms with van der Waals surface area (Å²) in [5, 5.41) is 10.6. The summed E-state index contributed by atoms with van der Waals surface area (Å²) >= 11 is 0. The number of nitro groups is 1. The maximum absolute atomic E-state index is 12.6. The van der Waals surface area contributed by atoms with E-state index in [4.69, 9.17) is 0 Å². The highest BCUT2D eigenvalue weighted by Crippen LogP contribution is 2.27. The van der Waals surface area contributed by atoms with E-state index in [1.165, 1.54) is 28.6 Å². The molecule has 0 N–H and O–H groups in total. The Hall–Kier alpha value is -1.47. The van der Waals surface area contributed by atoms with Crippen LogP contribution in [-0.4, -0.2) is 30.2 Å². The van der Waals surface area contributed by atoms with Gasteiger partial charge < -0.3 is 0 Å². The lowest BCUT2D eigenvalue weighted by atomic mass is 10.0. The van der Waals surface area contributed by atoms with Crippen LogP contribution in [0.2, 0.25) is 0 Å². The molecule has 1 aromatic rings. The van der Waals surface area contributed by atoms with Gasteiger partial charge in [0.25, 0.3) is 5.69 Å². The minimum absolute atomic E-state index is 0.0314. The zero-order valence-electron chi connectivity index (χ0n) is 11.4. The average molecular weight is 298 g/mol. The molecule has 1 atom stereocenters. The summed E-state index contributed by atoms with van der Waals surface area (Å²) < 4.78 is 26.7. The third-order valence-corrected chi connectivity index (χ3v) is 5.66. The van der Waals surface area contributed by atoms with Gasteiger partial charge in [0.1, 0.15) is 0 Å². The molecule has 7 heteroatoms. The SMILES string of the molecule is CC[C@@H]1CCCCN1S(=O)(=O)c1ccc([N+](=O)[O-])cc1. The molecule has 0 aromatic heterocycles. The lowest BCUT2D eigenvalue weighted by Gasteiger charge is -2.34. The second-order valence-electron chi connectivity index (χ2n) is 4.92. The molecule has 6 nitrogen and oxygen atoms in total. The molecular weight excluding hydrogens is 280 g/mol. The molecule has 0 spiro atoms. The minimum atomic E-state index is -3.56. The smallest absolute Gasteiger partial charge is 0.258 e. The molecule has 0 amide bonds. The molecule has 0 saturated carbocycles. The number of hydrogen-bond acceptors (Lipinski definition) is 4. The molecule has 2 rings (SSSR count). The van der Waals surface area contributed by atoms with E-state index in [0.29, 0.717) is 6.54 Å². The summed E-state index contributed by atoms with van der Waals surface area (Å²) in [7, 11) is -3.56. The lowest BCUT2D eigenvalue weighted by molar-refractivity contribution is -0.384. The summed E-state index contributed by atoms with van der Waals surface area (Å²) in [5.41, 5.74) is -0.102. The van der Waals surface area contributed by atoms with Crippen molar-refractivity contribution in [1.82, 2.24) is 4.31 Å². The first kappa shape index (κ1) is 14.9. The summed E-state index contributed by atoms with van der Waals surface area (Å²) in [6, 6.07) is 5.13. The van der Waals surface area contributed by atoms with Crippen molar-refractivity contribution in [2.45, 2.75) is 43.5 Å². The van der Waals surface area contributed by atoms with Gasteiger partial charge in [0.2, 0.25) is 10.0 Å². The van der Waals surface area contributed by atoms with Gasteiger partial charge >= 0.3 is 0 Å². The fraction of sp³-hybridized carbons (Fsp3) is 0.538. The largest absolute Gasteiger partial charge is 0.269 e. The van der Waals surface area contributed by atoms with Crippen LogP contribution in [0, 0.1) is 10.1 Å². The van der Waals surface area contributed by atoms with Crippen LogP contribution in [-0.2, 0) is 10.0 Å². The van der Waals surface area contributed by atoms with Crippen molar-refractivity contribution in [3.63, 3.8) is 0 Å². The van der Waals surface area contributed by atoms with E-state index in [1.807, 2.05) is 6.92 Å². The van der Waals surface area contributed by atoms with E-state index in [9.17, 15) is 18.5 Å². The highest BCUT2D eigenvalue weighted by atomic mass is 32.2. The van der Waals surface area contributed by atoms with Crippen LogP contribution in [0.5, 0.6) is 0 Å². The highest BCUT2D eigenvalue weighted by Gasteiger charge is 2.32. The molecule has 1 heterocycles. The van der Waals surface area contributed by atoms with Crippen molar-refractivity contribution in [2.75, 3.05) is 6.54 Å². The van der Waals surface area contributed by atoms with Crippen molar-refractivity contribution in [3.8, 4) is 0 Å². The van der Waals surface area contributed by atoms with Crippen LogP contribution in [0.25, 0.3) is 0 Å². The number of rotatable bonds is 4. The van der Waals surface area contributed by atoms with Crippen molar-refractivity contribution in [1.29, 1.82) is 0 Å². The molecule has 0 aliphatic carbocycles. The molecule has 0 unspecified atom stereocenters. The van der Waals surface area contributed by atoms with Gasteiger partial charge in [0, 0.05) is 24.7 Å². The van der Waals surface area contributed by atoms with Gasteiger partial charge in [0.05, 0.1) is 9.82 Å². The fourth-order valence-electron chi connectivity index (χ4n) is 2.57. The summed E-state index contributed by atoms with van der Waals surface area (Å²) in [4.78, 5) is 10.2. The molecule has 1 aromatic carbocycles. The third-order valence-electron chi connectivity index (χ3n) is 3.70. The number of hydrogen-bond donors (Lipinski definition) is 0. The van der Waals surface area contributed by atoms with Gasteiger partial charge in [-0.1, -0.05) is 13.3 Å². The van der Waals surface area contributed by atoms with Crippen LogP contribution in [0.3, 0.4) is 0 Å². The Balaban J connectivity index is 2.31. The fourth-order valence-corrected chi connectivity index (χ4v) is 4.34. The summed E-state index contributed by atoms with van der Waals surface area (Å²) in [6.07, 6.45) is 3.57. The third kappa shape index (κ3) is 2.83. The van der Waals surface area contributed by atoms with Crippen LogP contribution >= 0.6 is 0 Å². The lowest BCUT2D eigenvalue weighted by Crippen LogP contribution is -2.43. The average Bonchev–Trinajstić information content (AvgIpc) is 2.47. The van der Waals surface area contributed by atoms with Crippen molar-refractivity contribution >= 4 is 15.7 Å². The monoisotopic (exact) mass is 298 g/mol. The van der Waals surface area contributed by atoms with Crippen LogP contribution in [0.1, 0.15) is 32.6 Å². The maximum atomic E-state index is 12.6. The highest BCUT2D eigenvalue weighted by molar-refractivity contribution is 7.89. The molecule has 20 heavy (non-hydrogen) atoms. The Labute approximate surface area is 118 Å². The van der Waals surface area contributed by atoms with Gasteiger partial charge in [0.15, 0.2) is 0 Å².